The van der Waals surface area contributed by atoms with Crippen molar-refractivity contribution in [2.75, 3.05) is 33.3 Å². The van der Waals surface area contributed by atoms with E-state index >= 15 is 0 Å². The number of carboxylic acid groups (broad SMARTS) is 1. The molecule has 2 amide bonds. The van der Waals surface area contributed by atoms with Crippen molar-refractivity contribution >= 4 is 12.0 Å². The number of hydrogen-bond acceptors (Lipinski definition) is 3. The molecule has 0 aromatic carbocycles. The summed E-state index contributed by atoms with van der Waals surface area (Å²) in [6.07, 6.45) is 1.22. The number of likely N-dealkylation sites (tertiary alicyclic amines) is 1. The molecule has 0 spiro atoms. The summed E-state index contributed by atoms with van der Waals surface area (Å²) in [6, 6.07) is -0.117. The van der Waals surface area contributed by atoms with Gasteiger partial charge in [-0.3, -0.25) is 4.79 Å². The zero-order valence-corrected chi connectivity index (χ0v) is 12.9. The van der Waals surface area contributed by atoms with Gasteiger partial charge in [0.05, 0.1) is 18.1 Å². The molecule has 20 heavy (non-hydrogen) atoms. The molecular weight excluding hydrogens is 260 g/mol. The minimum Gasteiger partial charge on any atom is -0.481 e. The number of rotatable bonds is 6. The van der Waals surface area contributed by atoms with Crippen LogP contribution >= 0.6 is 0 Å². The molecule has 1 saturated heterocycles. The van der Waals surface area contributed by atoms with Gasteiger partial charge in [0.2, 0.25) is 0 Å². The first-order chi connectivity index (χ1) is 9.32. The van der Waals surface area contributed by atoms with Crippen molar-refractivity contribution in [3.8, 4) is 0 Å². The fraction of sp³-hybridized carbons (Fsp3) is 0.857. The molecule has 1 unspecified atom stereocenters. The smallest absolute Gasteiger partial charge is 0.319 e. The molecule has 1 N–H and O–H groups in total. The average Bonchev–Trinajstić information content (AvgIpc) is 2.83. The number of carbonyl (C=O) groups is 2. The zero-order chi connectivity index (χ0) is 15.3. The molecular formula is C14H26N2O4. The van der Waals surface area contributed by atoms with E-state index in [0.29, 0.717) is 39.1 Å². The van der Waals surface area contributed by atoms with Crippen LogP contribution in [-0.2, 0) is 9.53 Å². The molecule has 1 rings (SSSR count). The first-order valence-corrected chi connectivity index (χ1v) is 7.17. The Bertz CT molecular complexity index is 359. The van der Waals surface area contributed by atoms with E-state index in [-0.39, 0.29) is 12.1 Å². The van der Waals surface area contributed by atoms with Crippen molar-refractivity contribution in [2.24, 2.45) is 5.41 Å². The Balaban J connectivity index is 2.51. The number of hydrogen-bond donors (Lipinski definition) is 1. The summed E-state index contributed by atoms with van der Waals surface area (Å²) in [6.45, 7) is 7.57. The highest BCUT2D eigenvalue weighted by molar-refractivity contribution is 5.79. The van der Waals surface area contributed by atoms with E-state index in [0.717, 1.165) is 0 Å². The molecule has 6 nitrogen and oxygen atoms in total. The minimum atomic E-state index is -0.805. The second-order valence-electron chi connectivity index (χ2n) is 5.73. The van der Waals surface area contributed by atoms with E-state index < -0.39 is 11.4 Å². The summed E-state index contributed by atoms with van der Waals surface area (Å²) in [7, 11) is 1.72. The lowest BCUT2D eigenvalue weighted by molar-refractivity contribution is -0.148. The van der Waals surface area contributed by atoms with Gasteiger partial charge in [-0.05, 0) is 26.7 Å². The summed E-state index contributed by atoms with van der Waals surface area (Å²) >= 11 is 0. The molecule has 1 heterocycles. The molecule has 1 aliphatic rings. The summed E-state index contributed by atoms with van der Waals surface area (Å²) in [4.78, 5) is 26.8. The quantitative estimate of drug-likeness (QED) is 0.806. The van der Waals surface area contributed by atoms with E-state index in [1.807, 2.05) is 20.8 Å². The third kappa shape index (κ3) is 3.85. The third-order valence-electron chi connectivity index (χ3n) is 3.96. The maximum Gasteiger partial charge on any atom is 0.319 e. The molecule has 1 fully saturated rings. The van der Waals surface area contributed by atoms with Crippen molar-refractivity contribution in [1.29, 1.82) is 0 Å². The van der Waals surface area contributed by atoms with Gasteiger partial charge in [-0.2, -0.15) is 0 Å². The van der Waals surface area contributed by atoms with Crippen LogP contribution in [0.5, 0.6) is 0 Å². The van der Waals surface area contributed by atoms with Crippen molar-refractivity contribution in [3.05, 3.63) is 0 Å². The molecule has 0 aromatic rings. The first kappa shape index (κ1) is 16.8. The van der Waals surface area contributed by atoms with Crippen LogP contribution in [0.4, 0.5) is 4.79 Å². The number of nitrogens with zero attached hydrogens (tertiary/aromatic N) is 2. The lowest BCUT2D eigenvalue weighted by Gasteiger charge is -2.27. The Labute approximate surface area is 120 Å². The van der Waals surface area contributed by atoms with E-state index in [9.17, 15) is 14.7 Å². The van der Waals surface area contributed by atoms with Crippen LogP contribution in [0.3, 0.4) is 0 Å². The number of urea groups is 1. The summed E-state index contributed by atoms with van der Waals surface area (Å²) in [5.41, 5.74) is -0.773. The molecule has 0 saturated carbocycles. The topological polar surface area (TPSA) is 70.1 Å². The Hall–Kier alpha value is -1.30. The maximum atomic E-state index is 12.3. The molecule has 0 radical (unpaired) electrons. The van der Waals surface area contributed by atoms with Gasteiger partial charge < -0.3 is 19.6 Å². The predicted molar refractivity (Wildman–Crippen MR) is 75.7 cm³/mol. The van der Waals surface area contributed by atoms with Gasteiger partial charge in [-0.15, -0.1) is 0 Å². The second-order valence-corrected chi connectivity index (χ2v) is 5.73. The Morgan fingerprint density at radius 2 is 2.10 bits per heavy atom. The summed E-state index contributed by atoms with van der Waals surface area (Å²) in [5.74, 6) is -0.805. The first-order valence-electron chi connectivity index (χ1n) is 7.17. The van der Waals surface area contributed by atoms with Crippen molar-refractivity contribution in [2.45, 2.75) is 39.7 Å². The third-order valence-corrected chi connectivity index (χ3v) is 3.96. The van der Waals surface area contributed by atoms with Gasteiger partial charge >= 0.3 is 12.0 Å². The number of aliphatic carboxylic acids is 1. The number of amides is 2. The van der Waals surface area contributed by atoms with Crippen LogP contribution < -0.4 is 0 Å². The largest absolute Gasteiger partial charge is 0.481 e. The van der Waals surface area contributed by atoms with Gasteiger partial charge in [0, 0.05) is 26.7 Å². The highest BCUT2D eigenvalue weighted by Gasteiger charge is 2.45. The van der Waals surface area contributed by atoms with E-state index in [1.165, 1.54) is 0 Å². The molecule has 6 heteroatoms. The standard InChI is InChI=1S/C14H26N2O4/c1-5-14(12(17)18)6-7-16(10-14)13(19)15(4)8-9-20-11(2)3/h11H,5-10H2,1-4H3,(H,17,18). The zero-order valence-electron chi connectivity index (χ0n) is 12.9. The van der Waals surface area contributed by atoms with Crippen LogP contribution in [-0.4, -0.2) is 66.3 Å². The van der Waals surface area contributed by atoms with Gasteiger partial charge in [-0.1, -0.05) is 6.92 Å². The lowest BCUT2D eigenvalue weighted by atomic mass is 9.84. The van der Waals surface area contributed by atoms with E-state index in [4.69, 9.17) is 4.74 Å². The molecule has 1 atom stereocenters. The number of carbonyl (C=O) groups excluding carboxylic acids is 1. The minimum absolute atomic E-state index is 0.117. The Morgan fingerprint density at radius 1 is 1.45 bits per heavy atom. The molecule has 0 bridgehead atoms. The lowest BCUT2D eigenvalue weighted by Crippen LogP contribution is -2.43. The van der Waals surface area contributed by atoms with Crippen LogP contribution in [0.2, 0.25) is 0 Å². The molecule has 116 valence electrons. The highest BCUT2D eigenvalue weighted by atomic mass is 16.5. The Kier molecular flexibility index (Phi) is 5.80. The monoisotopic (exact) mass is 286 g/mol. The Morgan fingerprint density at radius 3 is 2.55 bits per heavy atom. The normalized spacial score (nSPS) is 22.4. The summed E-state index contributed by atoms with van der Waals surface area (Å²) < 4.78 is 5.42. The van der Waals surface area contributed by atoms with Crippen LogP contribution in [0, 0.1) is 5.41 Å². The SMILES string of the molecule is CCC1(C(=O)O)CCN(C(=O)N(C)CCOC(C)C)C1. The number of ether oxygens (including phenoxy) is 1. The maximum absolute atomic E-state index is 12.3. The van der Waals surface area contributed by atoms with E-state index in [1.54, 1.807) is 16.8 Å². The highest BCUT2D eigenvalue weighted by Crippen LogP contribution is 2.34. The predicted octanol–water partition coefficient (Wildman–Crippen LogP) is 1.65. The summed E-state index contributed by atoms with van der Waals surface area (Å²) in [5, 5.41) is 9.33. The molecule has 0 aliphatic carbocycles. The van der Waals surface area contributed by atoms with Gasteiger partial charge in [0.1, 0.15) is 0 Å². The van der Waals surface area contributed by atoms with Gasteiger partial charge in [0.15, 0.2) is 0 Å². The molecule has 1 aliphatic heterocycles. The fourth-order valence-electron chi connectivity index (χ4n) is 2.41. The second kappa shape index (κ2) is 6.92. The fourth-order valence-corrected chi connectivity index (χ4v) is 2.41. The molecule has 0 aromatic heterocycles. The average molecular weight is 286 g/mol. The van der Waals surface area contributed by atoms with Crippen molar-refractivity contribution in [3.63, 3.8) is 0 Å². The van der Waals surface area contributed by atoms with Gasteiger partial charge in [0.25, 0.3) is 0 Å². The van der Waals surface area contributed by atoms with E-state index in [2.05, 4.69) is 0 Å². The van der Waals surface area contributed by atoms with Crippen molar-refractivity contribution < 1.29 is 19.4 Å². The number of carboxylic acids is 1. The van der Waals surface area contributed by atoms with Gasteiger partial charge in [-0.25, -0.2) is 4.79 Å². The van der Waals surface area contributed by atoms with Crippen LogP contribution in [0.15, 0.2) is 0 Å². The van der Waals surface area contributed by atoms with Crippen LogP contribution in [0.1, 0.15) is 33.6 Å². The van der Waals surface area contributed by atoms with Crippen LogP contribution in [0.25, 0.3) is 0 Å². The number of likely N-dealkylation sites (N-methyl/N-ethyl adjacent to an activating group) is 1. The van der Waals surface area contributed by atoms with Crippen molar-refractivity contribution in [1.82, 2.24) is 9.80 Å².